The van der Waals surface area contributed by atoms with Crippen molar-refractivity contribution >= 4 is 40.3 Å². The average molecular weight is 433 g/mol. The van der Waals surface area contributed by atoms with Gasteiger partial charge in [0, 0.05) is 16.0 Å². The highest BCUT2D eigenvalue weighted by Crippen LogP contribution is 2.35. The molecule has 0 aliphatic carbocycles. The molecular formula is C22H18F3NO3S. The number of nitrogens with zero attached hydrogens (tertiary/aromatic N) is 1. The van der Waals surface area contributed by atoms with Crippen molar-refractivity contribution in [3.8, 4) is 0 Å². The fraction of sp³-hybridized carbons (Fsp3) is 0.182. The summed E-state index contributed by atoms with van der Waals surface area (Å²) in [5.41, 5.74) is 1.87. The number of alkyl halides is 3. The van der Waals surface area contributed by atoms with Crippen LogP contribution in [0.4, 0.5) is 13.2 Å². The lowest BCUT2D eigenvalue weighted by atomic mass is 10.1. The quantitative estimate of drug-likeness (QED) is 0.431. The van der Waals surface area contributed by atoms with Gasteiger partial charge in [-0.25, -0.2) is 4.79 Å². The van der Waals surface area contributed by atoms with Gasteiger partial charge in [0.05, 0.1) is 11.3 Å². The van der Waals surface area contributed by atoms with Gasteiger partial charge >= 0.3 is 12.1 Å². The number of aryl methyl sites for hydroxylation is 1. The molecule has 0 radical (unpaired) electrons. The Labute approximate surface area is 175 Å². The molecule has 1 heterocycles. The maximum absolute atomic E-state index is 12.9. The summed E-state index contributed by atoms with van der Waals surface area (Å²) < 4.78 is 44.0. The van der Waals surface area contributed by atoms with Crippen molar-refractivity contribution < 1.29 is 27.5 Å². The zero-order valence-electron chi connectivity index (χ0n) is 16.0. The number of hydrogen-bond acceptors (Lipinski definition) is 4. The molecule has 0 aliphatic heterocycles. The van der Waals surface area contributed by atoms with Gasteiger partial charge in [-0.3, -0.25) is 4.99 Å². The molecule has 30 heavy (non-hydrogen) atoms. The summed E-state index contributed by atoms with van der Waals surface area (Å²) in [4.78, 5) is 16.0. The fourth-order valence-corrected chi connectivity index (χ4v) is 4.09. The number of halogens is 3. The van der Waals surface area contributed by atoms with E-state index in [1.165, 1.54) is 24.1 Å². The molecule has 4 nitrogen and oxygen atoms in total. The van der Waals surface area contributed by atoms with Crippen molar-refractivity contribution in [1.29, 1.82) is 0 Å². The van der Waals surface area contributed by atoms with Gasteiger partial charge in [0.15, 0.2) is 0 Å². The van der Waals surface area contributed by atoms with E-state index in [9.17, 15) is 23.1 Å². The molecule has 1 N–H and O–H groups in total. The van der Waals surface area contributed by atoms with Crippen LogP contribution in [0.5, 0.6) is 0 Å². The van der Waals surface area contributed by atoms with Crippen LogP contribution in [0.1, 0.15) is 34.0 Å². The third-order valence-corrected chi connectivity index (χ3v) is 5.75. The number of aliphatic imine (C=N–C) groups is 1. The van der Waals surface area contributed by atoms with Gasteiger partial charge in [-0.2, -0.15) is 13.2 Å². The second-order valence-electron chi connectivity index (χ2n) is 6.53. The normalized spacial score (nSPS) is 12.7. The van der Waals surface area contributed by atoms with Gasteiger partial charge in [0.1, 0.15) is 17.4 Å². The molecule has 0 aliphatic rings. The molecule has 0 spiro atoms. The Morgan fingerprint density at radius 3 is 2.67 bits per heavy atom. The summed E-state index contributed by atoms with van der Waals surface area (Å²) in [6.07, 6.45) is -2.74. The number of benzene rings is 2. The molecule has 3 rings (SSSR count). The summed E-state index contributed by atoms with van der Waals surface area (Å²) in [5, 5.41) is 9.69. The van der Waals surface area contributed by atoms with Gasteiger partial charge in [-0.1, -0.05) is 24.3 Å². The van der Waals surface area contributed by atoms with E-state index in [0.717, 1.165) is 22.6 Å². The maximum Gasteiger partial charge on any atom is 0.416 e. The molecule has 1 aromatic heterocycles. The Morgan fingerprint density at radius 1 is 1.23 bits per heavy atom. The SMILES string of the molecule is C=N/C(C)=C(\SCCc1cccc(C(F)(F)F)c1)c1ccc2c(C(=O)O)coc2c1. The van der Waals surface area contributed by atoms with Crippen LogP contribution in [0.25, 0.3) is 15.9 Å². The first-order valence-electron chi connectivity index (χ1n) is 8.92. The molecule has 0 bridgehead atoms. The Kier molecular flexibility index (Phi) is 6.36. The van der Waals surface area contributed by atoms with Crippen LogP contribution >= 0.6 is 11.8 Å². The number of carboxylic acid groups (broad SMARTS) is 1. The number of carboxylic acids is 1. The first-order valence-corrected chi connectivity index (χ1v) is 9.90. The van der Waals surface area contributed by atoms with E-state index >= 15 is 0 Å². The van der Waals surface area contributed by atoms with E-state index in [1.54, 1.807) is 31.2 Å². The van der Waals surface area contributed by atoms with Gasteiger partial charge < -0.3 is 9.52 Å². The predicted octanol–water partition coefficient (Wildman–Crippen LogP) is 6.51. The molecule has 3 aromatic rings. The lowest BCUT2D eigenvalue weighted by molar-refractivity contribution is -0.137. The number of carbonyl (C=O) groups is 1. The van der Waals surface area contributed by atoms with Crippen LogP contribution in [0.2, 0.25) is 0 Å². The molecule has 156 valence electrons. The maximum atomic E-state index is 12.9. The molecular weight excluding hydrogens is 415 g/mol. The smallest absolute Gasteiger partial charge is 0.416 e. The van der Waals surface area contributed by atoms with Crippen molar-refractivity contribution in [3.63, 3.8) is 0 Å². The van der Waals surface area contributed by atoms with Crippen LogP contribution in [-0.2, 0) is 12.6 Å². The minimum absolute atomic E-state index is 0.0813. The molecule has 0 saturated heterocycles. The van der Waals surface area contributed by atoms with Gasteiger partial charge in [-0.05, 0) is 49.4 Å². The Morgan fingerprint density at radius 2 is 2.00 bits per heavy atom. The summed E-state index contributed by atoms with van der Waals surface area (Å²) in [6, 6.07) is 10.4. The zero-order chi connectivity index (χ0) is 21.9. The average Bonchev–Trinajstić information content (AvgIpc) is 3.14. The molecule has 0 amide bonds. The van der Waals surface area contributed by atoms with Gasteiger partial charge in [-0.15, -0.1) is 11.8 Å². The predicted molar refractivity (Wildman–Crippen MR) is 113 cm³/mol. The van der Waals surface area contributed by atoms with E-state index in [1.807, 2.05) is 0 Å². The first-order chi connectivity index (χ1) is 14.2. The summed E-state index contributed by atoms with van der Waals surface area (Å²) in [6.45, 7) is 5.34. The highest BCUT2D eigenvalue weighted by Gasteiger charge is 2.30. The first kappa shape index (κ1) is 21.7. The number of aromatic carboxylic acids is 1. The second-order valence-corrected chi connectivity index (χ2v) is 7.64. The standard InChI is InChI=1S/C22H18F3NO3S/c1-13(26-2)20(15-6-7-17-18(21(27)28)12-29-19(17)11-15)30-9-8-14-4-3-5-16(10-14)22(23,24)25/h3-7,10-12H,2,8-9H2,1H3,(H,27,28)/b20-13-. The third kappa shape index (κ3) is 4.76. The van der Waals surface area contributed by atoms with Gasteiger partial charge in [0.25, 0.3) is 0 Å². The lowest BCUT2D eigenvalue weighted by Gasteiger charge is -2.11. The highest BCUT2D eigenvalue weighted by atomic mass is 32.2. The topological polar surface area (TPSA) is 62.8 Å². The van der Waals surface area contributed by atoms with Crippen molar-refractivity contribution in [1.82, 2.24) is 0 Å². The molecule has 0 fully saturated rings. The van der Waals surface area contributed by atoms with Crippen molar-refractivity contribution in [2.45, 2.75) is 19.5 Å². The van der Waals surface area contributed by atoms with Crippen LogP contribution in [0, 0.1) is 0 Å². The van der Waals surface area contributed by atoms with E-state index in [2.05, 4.69) is 11.7 Å². The van der Waals surface area contributed by atoms with E-state index < -0.39 is 17.7 Å². The van der Waals surface area contributed by atoms with Crippen molar-refractivity contribution in [2.24, 2.45) is 4.99 Å². The molecule has 0 saturated carbocycles. The van der Waals surface area contributed by atoms with E-state index in [-0.39, 0.29) is 5.56 Å². The number of rotatable bonds is 7. The number of furan rings is 1. The molecule has 8 heteroatoms. The van der Waals surface area contributed by atoms with Crippen LogP contribution < -0.4 is 0 Å². The molecule has 0 atom stereocenters. The minimum atomic E-state index is -4.37. The largest absolute Gasteiger partial charge is 0.478 e. The molecule has 2 aromatic carbocycles. The Hall–Kier alpha value is -3.00. The summed E-state index contributed by atoms with van der Waals surface area (Å²) in [7, 11) is 0. The van der Waals surface area contributed by atoms with Crippen LogP contribution in [0.3, 0.4) is 0 Å². The summed E-state index contributed by atoms with van der Waals surface area (Å²) in [5.74, 6) is -0.545. The monoisotopic (exact) mass is 433 g/mol. The number of thioether (sulfide) groups is 1. The van der Waals surface area contributed by atoms with Crippen LogP contribution in [-0.4, -0.2) is 23.5 Å². The Balaban J connectivity index is 1.81. The number of fused-ring (bicyclic) bond motifs is 1. The lowest BCUT2D eigenvalue weighted by Crippen LogP contribution is -2.05. The zero-order valence-corrected chi connectivity index (χ0v) is 16.8. The summed E-state index contributed by atoms with van der Waals surface area (Å²) >= 11 is 1.44. The molecule has 0 unspecified atom stereocenters. The minimum Gasteiger partial charge on any atom is -0.478 e. The third-order valence-electron chi connectivity index (χ3n) is 4.53. The van der Waals surface area contributed by atoms with E-state index in [4.69, 9.17) is 4.42 Å². The number of hydrogen-bond donors (Lipinski definition) is 1. The van der Waals surface area contributed by atoms with Gasteiger partial charge in [0.2, 0.25) is 0 Å². The van der Waals surface area contributed by atoms with E-state index in [0.29, 0.717) is 34.4 Å². The van der Waals surface area contributed by atoms with Crippen LogP contribution in [0.15, 0.2) is 63.8 Å². The second kappa shape index (κ2) is 8.79. The number of allylic oxidation sites excluding steroid dienone is 1. The fourth-order valence-electron chi connectivity index (χ4n) is 2.98. The Bertz CT molecular complexity index is 1130. The van der Waals surface area contributed by atoms with Crippen molar-refractivity contribution in [2.75, 3.05) is 5.75 Å². The van der Waals surface area contributed by atoms with Crippen molar-refractivity contribution in [3.05, 3.63) is 76.7 Å². The highest BCUT2D eigenvalue weighted by molar-refractivity contribution is 8.08.